The first-order chi connectivity index (χ1) is 11.1. The predicted molar refractivity (Wildman–Crippen MR) is 94.4 cm³/mol. The first-order valence-corrected chi connectivity index (χ1v) is 7.63. The Bertz CT molecular complexity index is 923. The number of hydrogen-bond donors (Lipinski definition) is 1. The maximum absolute atomic E-state index is 12.7. The molecule has 116 valence electrons. The molecule has 1 N–H and O–H groups in total. The third kappa shape index (κ3) is 2.98. The minimum absolute atomic E-state index is 0.123. The minimum Gasteiger partial charge on any atom is -0.295 e. The van der Waals surface area contributed by atoms with Gasteiger partial charge in [-0.25, -0.2) is 4.68 Å². The quantitative estimate of drug-likeness (QED) is 0.718. The molecule has 0 bridgehead atoms. The summed E-state index contributed by atoms with van der Waals surface area (Å²) in [5, 5.41) is 3.66. The number of halogens is 1. The van der Waals surface area contributed by atoms with Gasteiger partial charge in [-0.2, -0.15) is 0 Å². The predicted octanol–water partition coefficient (Wildman–Crippen LogP) is 4.27. The number of aromatic nitrogens is 2. The Hall–Kier alpha value is -2.59. The molecule has 0 fully saturated rings. The SMILES string of the molecule is CC(=Nc1ccccc1Cl)c1c(C)[nH]n(-c2ccccc2)c1=O. The van der Waals surface area contributed by atoms with Crippen molar-refractivity contribution >= 4 is 23.0 Å². The number of nitrogens with zero attached hydrogens (tertiary/aromatic N) is 2. The molecule has 0 saturated carbocycles. The fourth-order valence-electron chi connectivity index (χ4n) is 2.51. The molecule has 0 aliphatic rings. The van der Waals surface area contributed by atoms with E-state index in [0.29, 0.717) is 22.0 Å². The molecule has 3 rings (SSSR count). The van der Waals surface area contributed by atoms with Crippen LogP contribution in [-0.2, 0) is 0 Å². The summed E-state index contributed by atoms with van der Waals surface area (Å²) in [7, 11) is 0. The van der Waals surface area contributed by atoms with Crippen molar-refractivity contribution in [3.05, 3.63) is 81.2 Å². The molecule has 0 amide bonds. The van der Waals surface area contributed by atoms with E-state index < -0.39 is 0 Å². The number of aliphatic imine (C=N–C) groups is 1. The number of nitrogens with one attached hydrogen (secondary N) is 1. The molecule has 0 saturated heterocycles. The van der Waals surface area contributed by atoms with Gasteiger partial charge in [0, 0.05) is 5.69 Å². The summed E-state index contributed by atoms with van der Waals surface area (Å²) in [6, 6.07) is 16.8. The van der Waals surface area contributed by atoms with E-state index in [0.717, 1.165) is 11.4 Å². The highest BCUT2D eigenvalue weighted by molar-refractivity contribution is 6.33. The largest absolute Gasteiger partial charge is 0.295 e. The van der Waals surface area contributed by atoms with Crippen LogP contribution in [0.25, 0.3) is 5.69 Å². The van der Waals surface area contributed by atoms with Gasteiger partial charge in [0.15, 0.2) is 0 Å². The second-order valence-corrected chi connectivity index (χ2v) is 5.64. The van der Waals surface area contributed by atoms with Crippen LogP contribution in [0.3, 0.4) is 0 Å². The Balaban J connectivity index is 2.09. The third-order valence-corrected chi connectivity index (χ3v) is 3.91. The van der Waals surface area contributed by atoms with Crippen LogP contribution in [0.15, 0.2) is 64.4 Å². The lowest BCUT2D eigenvalue weighted by Crippen LogP contribution is -2.19. The highest BCUT2D eigenvalue weighted by atomic mass is 35.5. The zero-order chi connectivity index (χ0) is 16.4. The van der Waals surface area contributed by atoms with E-state index in [1.807, 2.05) is 62.4 Å². The number of aryl methyl sites for hydroxylation is 1. The van der Waals surface area contributed by atoms with Crippen molar-refractivity contribution in [1.82, 2.24) is 9.78 Å². The molecule has 1 heterocycles. The summed E-state index contributed by atoms with van der Waals surface area (Å²) in [6.45, 7) is 3.68. The molecular weight excluding hydrogens is 310 g/mol. The van der Waals surface area contributed by atoms with Crippen LogP contribution < -0.4 is 5.56 Å². The molecule has 3 aromatic rings. The molecule has 2 aromatic carbocycles. The molecular formula is C18H16ClN3O. The van der Waals surface area contributed by atoms with Crippen LogP contribution in [-0.4, -0.2) is 15.5 Å². The van der Waals surface area contributed by atoms with E-state index in [9.17, 15) is 4.79 Å². The monoisotopic (exact) mass is 325 g/mol. The Morgan fingerprint density at radius 2 is 1.74 bits per heavy atom. The van der Waals surface area contributed by atoms with Crippen molar-refractivity contribution in [1.29, 1.82) is 0 Å². The number of para-hydroxylation sites is 2. The fraction of sp³-hybridized carbons (Fsp3) is 0.111. The van der Waals surface area contributed by atoms with Crippen molar-refractivity contribution in [2.75, 3.05) is 0 Å². The van der Waals surface area contributed by atoms with E-state index in [1.165, 1.54) is 4.68 Å². The van der Waals surface area contributed by atoms with E-state index in [-0.39, 0.29) is 5.56 Å². The standard InChI is InChI=1S/C18H16ClN3O/c1-12(20-16-11-7-6-10-15(16)19)17-13(2)21-22(18(17)23)14-8-4-3-5-9-14/h3-11,21H,1-2H3. The summed E-state index contributed by atoms with van der Waals surface area (Å²) in [6.07, 6.45) is 0. The molecule has 1 aromatic heterocycles. The van der Waals surface area contributed by atoms with Gasteiger partial charge in [-0.1, -0.05) is 41.9 Å². The average Bonchev–Trinajstić information content (AvgIpc) is 2.85. The van der Waals surface area contributed by atoms with E-state index in [1.54, 1.807) is 6.07 Å². The normalized spacial score (nSPS) is 11.7. The fourth-order valence-corrected chi connectivity index (χ4v) is 2.69. The molecule has 4 nitrogen and oxygen atoms in total. The summed E-state index contributed by atoms with van der Waals surface area (Å²) in [5.74, 6) is 0. The minimum atomic E-state index is -0.123. The van der Waals surface area contributed by atoms with Crippen LogP contribution in [0.1, 0.15) is 18.2 Å². The Kier molecular flexibility index (Phi) is 4.17. The molecule has 5 heteroatoms. The zero-order valence-corrected chi connectivity index (χ0v) is 13.6. The maximum Gasteiger partial charge on any atom is 0.280 e. The Morgan fingerprint density at radius 1 is 1.09 bits per heavy atom. The van der Waals surface area contributed by atoms with Gasteiger partial charge in [0.05, 0.1) is 27.7 Å². The Morgan fingerprint density at radius 3 is 2.43 bits per heavy atom. The highest BCUT2D eigenvalue weighted by Gasteiger charge is 2.15. The zero-order valence-electron chi connectivity index (χ0n) is 12.9. The van der Waals surface area contributed by atoms with Gasteiger partial charge in [-0.05, 0) is 38.1 Å². The second kappa shape index (κ2) is 6.26. The van der Waals surface area contributed by atoms with Gasteiger partial charge in [-0.15, -0.1) is 0 Å². The molecule has 23 heavy (non-hydrogen) atoms. The lowest BCUT2D eigenvalue weighted by molar-refractivity contribution is 0.835. The lowest BCUT2D eigenvalue weighted by atomic mass is 10.1. The van der Waals surface area contributed by atoms with E-state index in [4.69, 9.17) is 11.6 Å². The van der Waals surface area contributed by atoms with E-state index >= 15 is 0 Å². The smallest absolute Gasteiger partial charge is 0.280 e. The third-order valence-electron chi connectivity index (χ3n) is 3.59. The van der Waals surface area contributed by atoms with Crippen molar-refractivity contribution in [3.63, 3.8) is 0 Å². The topological polar surface area (TPSA) is 50.1 Å². The highest BCUT2D eigenvalue weighted by Crippen LogP contribution is 2.24. The summed E-state index contributed by atoms with van der Waals surface area (Å²) < 4.78 is 1.52. The van der Waals surface area contributed by atoms with Gasteiger partial charge in [0.1, 0.15) is 0 Å². The number of H-pyrrole nitrogens is 1. The maximum atomic E-state index is 12.7. The lowest BCUT2D eigenvalue weighted by Gasteiger charge is -2.01. The molecule has 0 unspecified atom stereocenters. The van der Waals surface area contributed by atoms with Gasteiger partial charge < -0.3 is 0 Å². The first-order valence-electron chi connectivity index (χ1n) is 7.25. The number of benzene rings is 2. The van der Waals surface area contributed by atoms with Crippen LogP contribution in [0.4, 0.5) is 5.69 Å². The second-order valence-electron chi connectivity index (χ2n) is 5.24. The van der Waals surface area contributed by atoms with Crippen LogP contribution in [0, 0.1) is 6.92 Å². The van der Waals surface area contributed by atoms with Crippen molar-refractivity contribution < 1.29 is 0 Å². The molecule has 0 radical (unpaired) electrons. The van der Waals surface area contributed by atoms with Crippen molar-refractivity contribution in [2.45, 2.75) is 13.8 Å². The van der Waals surface area contributed by atoms with Gasteiger partial charge in [-0.3, -0.25) is 14.9 Å². The van der Waals surface area contributed by atoms with Gasteiger partial charge in [0.2, 0.25) is 0 Å². The number of rotatable bonds is 3. The van der Waals surface area contributed by atoms with Crippen LogP contribution >= 0.6 is 11.6 Å². The molecule has 0 aliphatic carbocycles. The summed E-state index contributed by atoms with van der Waals surface area (Å²) >= 11 is 6.14. The first kappa shape index (κ1) is 15.3. The number of hydrogen-bond acceptors (Lipinski definition) is 2. The molecule has 0 aliphatic heterocycles. The van der Waals surface area contributed by atoms with E-state index in [2.05, 4.69) is 10.1 Å². The van der Waals surface area contributed by atoms with Crippen molar-refractivity contribution in [2.24, 2.45) is 4.99 Å². The van der Waals surface area contributed by atoms with Crippen LogP contribution in [0.5, 0.6) is 0 Å². The van der Waals surface area contributed by atoms with Gasteiger partial charge >= 0.3 is 0 Å². The van der Waals surface area contributed by atoms with Crippen molar-refractivity contribution in [3.8, 4) is 5.69 Å². The average molecular weight is 326 g/mol. The van der Waals surface area contributed by atoms with Crippen LogP contribution in [0.2, 0.25) is 5.02 Å². The molecule has 0 spiro atoms. The summed E-state index contributed by atoms with van der Waals surface area (Å²) in [5.41, 5.74) is 3.28. The van der Waals surface area contributed by atoms with Gasteiger partial charge in [0.25, 0.3) is 5.56 Å². The molecule has 0 atom stereocenters. The summed E-state index contributed by atoms with van der Waals surface area (Å²) in [4.78, 5) is 17.2. The number of aromatic amines is 1. The Labute approximate surface area is 139 Å².